The predicted octanol–water partition coefficient (Wildman–Crippen LogP) is 3.30. The van der Waals surface area contributed by atoms with Crippen molar-refractivity contribution in [2.45, 2.75) is 33.1 Å². The van der Waals surface area contributed by atoms with E-state index in [1.165, 1.54) is 18.4 Å². The molecule has 1 aliphatic rings. The van der Waals surface area contributed by atoms with E-state index >= 15 is 0 Å². The molecule has 0 saturated heterocycles. The molecule has 0 amide bonds. The Morgan fingerprint density at radius 3 is 2.77 bits per heavy atom. The van der Waals surface area contributed by atoms with Crippen LogP contribution in [0.5, 0.6) is 0 Å². The van der Waals surface area contributed by atoms with E-state index in [1.807, 2.05) is 13.0 Å². The van der Waals surface area contributed by atoms with Gasteiger partial charge in [0.05, 0.1) is 10.7 Å². The first kappa shape index (κ1) is 9.01. The first-order chi connectivity index (χ1) is 6.16. The van der Waals surface area contributed by atoms with Crippen LogP contribution in [0.1, 0.15) is 29.8 Å². The van der Waals surface area contributed by atoms with Crippen LogP contribution in [0, 0.1) is 19.8 Å². The van der Waals surface area contributed by atoms with Gasteiger partial charge in [-0.25, -0.2) is 0 Å². The van der Waals surface area contributed by atoms with Gasteiger partial charge in [0.15, 0.2) is 0 Å². The Morgan fingerprint density at radius 1 is 1.46 bits per heavy atom. The molecule has 1 fully saturated rings. The van der Waals surface area contributed by atoms with E-state index in [4.69, 9.17) is 11.6 Å². The van der Waals surface area contributed by atoms with Gasteiger partial charge in [0, 0.05) is 5.69 Å². The zero-order valence-electron chi connectivity index (χ0n) is 8.10. The average Bonchev–Trinajstić information content (AvgIpc) is 2.84. The van der Waals surface area contributed by atoms with Crippen molar-refractivity contribution in [2.75, 3.05) is 0 Å². The SMILES string of the molecule is Cc1cc(Cl)c(CC2CC2)nc1C. The van der Waals surface area contributed by atoms with Crippen LogP contribution in [-0.2, 0) is 6.42 Å². The molecule has 1 saturated carbocycles. The van der Waals surface area contributed by atoms with Crippen LogP contribution in [0.2, 0.25) is 5.02 Å². The zero-order chi connectivity index (χ0) is 9.42. The van der Waals surface area contributed by atoms with Crippen molar-refractivity contribution < 1.29 is 0 Å². The van der Waals surface area contributed by atoms with Gasteiger partial charge in [-0.15, -0.1) is 0 Å². The van der Waals surface area contributed by atoms with Crippen molar-refractivity contribution in [1.82, 2.24) is 4.98 Å². The van der Waals surface area contributed by atoms with E-state index < -0.39 is 0 Å². The molecule has 0 atom stereocenters. The van der Waals surface area contributed by atoms with Crippen LogP contribution in [0.25, 0.3) is 0 Å². The molecule has 0 unspecified atom stereocenters. The van der Waals surface area contributed by atoms with E-state index in [0.29, 0.717) is 0 Å². The maximum absolute atomic E-state index is 6.11. The second-order valence-corrected chi connectivity index (χ2v) is 4.37. The third-order valence-corrected chi connectivity index (χ3v) is 3.00. The van der Waals surface area contributed by atoms with Gasteiger partial charge in [0.25, 0.3) is 0 Å². The van der Waals surface area contributed by atoms with Gasteiger partial charge >= 0.3 is 0 Å². The van der Waals surface area contributed by atoms with Crippen LogP contribution in [0.4, 0.5) is 0 Å². The van der Waals surface area contributed by atoms with Crippen LogP contribution in [0.3, 0.4) is 0 Å². The molecular formula is C11H14ClN. The van der Waals surface area contributed by atoms with Gasteiger partial charge in [0.2, 0.25) is 0 Å². The Balaban J connectivity index is 2.27. The zero-order valence-corrected chi connectivity index (χ0v) is 8.86. The lowest BCUT2D eigenvalue weighted by atomic mass is 10.1. The van der Waals surface area contributed by atoms with Crippen LogP contribution < -0.4 is 0 Å². The fraction of sp³-hybridized carbons (Fsp3) is 0.545. The Bertz CT molecular complexity index is 329. The third-order valence-electron chi connectivity index (χ3n) is 2.67. The topological polar surface area (TPSA) is 12.9 Å². The second-order valence-electron chi connectivity index (χ2n) is 3.97. The monoisotopic (exact) mass is 195 g/mol. The number of hydrogen-bond acceptors (Lipinski definition) is 1. The first-order valence-corrected chi connectivity index (χ1v) is 5.17. The molecule has 0 aromatic carbocycles. The average molecular weight is 196 g/mol. The normalized spacial score (nSPS) is 16.2. The maximum atomic E-state index is 6.11. The molecule has 2 heteroatoms. The van der Waals surface area contributed by atoms with E-state index in [-0.39, 0.29) is 0 Å². The van der Waals surface area contributed by atoms with Crippen molar-refractivity contribution in [3.8, 4) is 0 Å². The van der Waals surface area contributed by atoms with Gasteiger partial charge in [-0.2, -0.15) is 0 Å². The molecule has 1 nitrogen and oxygen atoms in total. The summed E-state index contributed by atoms with van der Waals surface area (Å²) in [5.74, 6) is 0.854. The molecule has 1 aromatic heterocycles. The summed E-state index contributed by atoms with van der Waals surface area (Å²) in [6, 6.07) is 2.03. The molecule has 0 N–H and O–H groups in total. The number of pyridine rings is 1. The summed E-state index contributed by atoms with van der Waals surface area (Å²) in [5, 5.41) is 0.843. The summed E-state index contributed by atoms with van der Waals surface area (Å²) in [6.07, 6.45) is 3.77. The summed E-state index contributed by atoms with van der Waals surface area (Å²) < 4.78 is 0. The second kappa shape index (κ2) is 3.30. The fourth-order valence-electron chi connectivity index (χ4n) is 1.46. The number of aromatic nitrogens is 1. The molecule has 13 heavy (non-hydrogen) atoms. The van der Waals surface area contributed by atoms with Crippen molar-refractivity contribution in [3.63, 3.8) is 0 Å². The highest BCUT2D eigenvalue weighted by molar-refractivity contribution is 6.31. The Hall–Kier alpha value is -0.560. The van der Waals surface area contributed by atoms with E-state index in [0.717, 1.165) is 28.7 Å². The molecule has 0 aliphatic heterocycles. The van der Waals surface area contributed by atoms with Crippen LogP contribution >= 0.6 is 11.6 Å². The van der Waals surface area contributed by atoms with Crippen molar-refractivity contribution in [2.24, 2.45) is 5.92 Å². The largest absolute Gasteiger partial charge is 0.256 e. The van der Waals surface area contributed by atoms with Gasteiger partial charge in [-0.3, -0.25) is 4.98 Å². The molecule has 0 spiro atoms. The van der Waals surface area contributed by atoms with Gasteiger partial charge < -0.3 is 0 Å². The third kappa shape index (κ3) is 2.02. The maximum Gasteiger partial charge on any atom is 0.0624 e. The van der Waals surface area contributed by atoms with E-state index in [2.05, 4.69) is 11.9 Å². The number of nitrogens with zero attached hydrogens (tertiary/aromatic N) is 1. The fourth-order valence-corrected chi connectivity index (χ4v) is 1.74. The minimum Gasteiger partial charge on any atom is -0.256 e. The number of halogens is 1. The Morgan fingerprint density at radius 2 is 2.15 bits per heavy atom. The van der Waals surface area contributed by atoms with Gasteiger partial charge in [-0.05, 0) is 50.7 Å². The lowest BCUT2D eigenvalue weighted by Gasteiger charge is -2.06. The number of rotatable bonds is 2. The highest BCUT2D eigenvalue weighted by Gasteiger charge is 2.23. The molecular weight excluding hydrogens is 182 g/mol. The first-order valence-electron chi connectivity index (χ1n) is 4.79. The van der Waals surface area contributed by atoms with Crippen molar-refractivity contribution >= 4 is 11.6 Å². The van der Waals surface area contributed by atoms with E-state index in [9.17, 15) is 0 Å². The van der Waals surface area contributed by atoms with Crippen LogP contribution in [0.15, 0.2) is 6.07 Å². The summed E-state index contributed by atoms with van der Waals surface area (Å²) >= 11 is 6.11. The van der Waals surface area contributed by atoms with Crippen LogP contribution in [-0.4, -0.2) is 4.98 Å². The minimum absolute atomic E-state index is 0.843. The lowest BCUT2D eigenvalue weighted by Crippen LogP contribution is -1.97. The molecule has 1 heterocycles. The highest BCUT2D eigenvalue weighted by atomic mass is 35.5. The lowest BCUT2D eigenvalue weighted by molar-refractivity contribution is 0.798. The standard InChI is InChI=1S/C11H14ClN/c1-7-5-10(12)11(13-8(7)2)6-9-3-4-9/h5,9H,3-4,6H2,1-2H3. The number of aryl methyl sites for hydroxylation is 2. The quantitative estimate of drug-likeness (QED) is 0.706. The van der Waals surface area contributed by atoms with Gasteiger partial charge in [0.1, 0.15) is 0 Å². The smallest absolute Gasteiger partial charge is 0.0624 e. The molecule has 1 aliphatic carbocycles. The van der Waals surface area contributed by atoms with Gasteiger partial charge in [-0.1, -0.05) is 11.6 Å². The Kier molecular flexibility index (Phi) is 2.29. The van der Waals surface area contributed by atoms with Crippen molar-refractivity contribution in [3.05, 3.63) is 28.0 Å². The summed E-state index contributed by atoms with van der Waals surface area (Å²) in [5.41, 5.74) is 3.39. The predicted molar refractivity (Wildman–Crippen MR) is 55.1 cm³/mol. The van der Waals surface area contributed by atoms with Crippen molar-refractivity contribution in [1.29, 1.82) is 0 Å². The summed E-state index contributed by atoms with van der Waals surface area (Å²) in [4.78, 5) is 4.52. The minimum atomic E-state index is 0.843. The molecule has 2 rings (SSSR count). The molecule has 70 valence electrons. The summed E-state index contributed by atoms with van der Waals surface area (Å²) in [7, 11) is 0. The number of hydrogen-bond donors (Lipinski definition) is 0. The molecule has 1 aromatic rings. The molecule has 0 radical (unpaired) electrons. The molecule has 0 bridgehead atoms. The highest BCUT2D eigenvalue weighted by Crippen LogP contribution is 2.34. The summed E-state index contributed by atoms with van der Waals surface area (Å²) in [6.45, 7) is 4.09. The Labute approximate surface area is 84.1 Å². The van der Waals surface area contributed by atoms with E-state index in [1.54, 1.807) is 0 Å².